The lowest BCUT2D eigenvalue weighted by Crippen LogP contribution is -2.26. The van der Waals surface area contributed by atoms with Crippen molar-refractivity contribution < 1.29 is 0 Å². The molecule has 0 aliphatic rings. The van der Waals surface area contributed by atoms with Crippen molar-refractivity contribution in [2.45, 2.75) is 52.6 Å². The molecule has 3 heterocycles. The lowest BCUT2D eigenvalue weighted by atomic mass is 10.1. The average molecular weight is 329 g/mol. The standard InChI is InChI=1S/C16H23N7O/c1-10(2)13-20-19-12(21(13)6)8-22-9-17-14-11(15(22)24)7-18-23(14)16(3,4)5/h7,9-10H,8H2,1-6H3. The van der Waals surface area contributed by atoms with Crippen molar-refractivity contribution in [3.05, 3.63) is 34.5 Å². The Labute approximate surface area is 140 Å². The van der Waals surface area contributed by atoms with Crippen LogP contribution in [0, 0.1) is 0 Å². The highest BCUT2D eigenvalue weighted by molar-refractivity contribution is 5.73. The molecular formula is C16H23N7O. The molecular weight excluding hydrogens is 306 g/mol. The molecule has 0 radical (unpaired) electrons. The fourth-order valence-corrected chi connectivity index (χ4v) is 2.72. The molecule has 0 spiro atoms. The quantitative estimate of drug-likeness (QED) is 0.729. The first-order valence-electron chi connectivity index (χ1n) is 8.02. The van der Waals surface area contributed by atoms with Gasteiger partial charge in [-0.1, -0.05) is 13.8 Å². The molecule has 3 aromatic rings. The van der Waals surface area contributed by atoms with Crippen LogP contribution in [0.15, 0.2) is 17.3 Å². The Morgan fingerprint density at radius 1 is 1.21 bits per heavy atom. The number of hydrogen-bond donors (Lipinski definition) is 0. The van der Waals surface area contributed by atoms with Crippen LogP contribution >= 0.6 is 0 Å². The molecule has 0 N–H and O–H groups in total. The molecule has 0 fully saturated rings. The minimum Gasteiger partial charge on any atom is -0.316 e. The molecule has 0 aromatic carbocycles. The lowest BCUT2D eigenvalue weighted by Gasteiger charge is -2.19. The third-order valence-electron chi connectivity index (χ3n) is 4.02. The zero-order valence-electron chi connectivity index (χ0n) is 15.0. The van der Waals surface area contributed by atoms with E-state index in [2.05, 4.69) is 34.1 Å². The maximum atomic E-state index is 12.7. The van der Waals surface area contributed by atoms with Gasteiger partial charge in [-0.3, -0.25) is 9.36 Å². The van der Waals surface area contributed by atoms with Gasteiger partial charge in [-0.2, -0.15) is 5.10 Å². The highest BCUT2D eigenvalue weighted by Gasteiger charge is 2.20. The highest BCUT2D eigenvalue weighted by Crippen LogP contribution is 2.18. The molecule has 3 aromatic heterocycles. The van der Waals surface area contributed by atoms with E-state index in [0.29, 0.717) is 17.6 Å². The first-order chi connectivity index (χ1) is 11.2. The van der Waals surface area contributed by atoms with Crippen LogP contribution in [0.25, 0.3) is 11.0 Å². The van der Waals surface area contributed by atoms with E-state index in [4.69, 9.17) is 0 Å². The van der Waals surface area contributed by atoms with Crippen molar-refractivity contribution in [3.8, 4) is 0 Å². The minimum absolute atomic E-state index is 0.121. The normalized spacial score (nSPS) is 12.5. The maximum Gasteiger partial charge on any atom is 0.264 e. The molecule has 3 rings (SSSR count). The van der Waals surface area contributed by atoms with Crippen LogP contribution in [0.5, 0.6) is 0 Å². The van der Waals surface area contributed by atoms with Gasteiger partial charge in [0.1, 0.15) is 17.5 Å². The van der Waals surface area contributed by atoms with E-state index >= 15 is 0 Å². The summed E-state index contributed by atoms with van der Waals surface area (Å²) in [7, 11) is 1.92. The van der Waals surface area contributed by atoms with E-state index in [0.717, 1.165) is 11.6 Å². The van der Waals surface area contributed by atoms with Crippen molar-refractivity contribution in [1.82, 2.24) is 34.1 Å². The van der Waals surface area contributed by atoms with Gasteiger partial charge in [0.15, 0.2) is 11.5 Å². The summed E-state index contributed by atoms with van der Waals surface area (Å²) in [5, 5.41) is 13.2. The maximum absolute atomic E-state index is 12.7. The summed E-state index contributed by atoms with van der Waals surface area (Å²) >= 11 is 0. The Balaban J connectivity index is 2.03. The van der Waals surface area contributed by atoms with Gasteiger partial charge in [0.25, 0.3) is 5.56 Å². The Hall–Kier alpha value is -2.51. The van der Waals surface area contributed by atoms with E-state index in [9.17, 15) is 4.79 Å². The lowest BCUT2D eigenvalue weighted by molar-refractivity contribution is 0.365. The Kier molecular flexibility index (Phi) is 3.77. The molecule has 24 heavy (non-hydrogen) atoms. The van der Waals surface area contributed by atoms with Gasteiger partial charge in [0.05, 0.1) is 18.3 Å². The van der Waals surface area contributed by atoms with Crippen LogP contribution in [-0.4, -0.2) is 34.1 Å². The molecule has 8 nitrogen and oxygen atoms in total. The molecule has 128 valence electrons. The van der Waals surface area contributed by atoms with Gasteiger partial charge in [-0.05, 0) is 20.8 Å². The molecule has 8 heteroatoms. The van der Waals surface area contributed by atoms with Crippen LogP contribution < -0.4 is 5.56 Å². The van der Waals surface area contributed by atoms with Crippen molar-refractivity contribution in [1.29, 1.82) is 0 Å². The van der Waals surface area contributed by atoms with Crippen LogP contribution in [0.1, 0.15) is 52.2 Å². The number of fused-ring (bicyclic) bond motifs is 1. The van der Waals surface area contributed by atoms with Crippen molar-refractivity contribution in [2.24, 2.45) is 7.05 Å². The zero-order chi connectivity index (χ0) is 17.6. The largest absolute Gasteiger partial charge is 0.316 e. The smallest absolute Gasteiger partial charge is 0.264 e. The third-order valence-corrected chi connectivity index (χ3v) is 4.02. The molecule has 0 aliphatic carbocycles. The van der Waals surface area contributed by atoms with E-state index in [-0.39, 0.29) is 17.0 Å². The Morgan fingerprint density at radius 2 is 1.92 bits per heavy atom. The van der Waals surface area contributed by atoms with E-state index in [1.807, 2.05) is 32.4 Å². The monoisotopic (exact) mass is 329 g/mol. The molecule has 0 unspecified atom stereocenters. The fraction of sp³-hybridized carbons (Fsp3) is 0.562. The predicted octanol–water partition coefficient (Wildman–Crippen LogP) is 1.65. The summed E-state index contributed by atoms with van der Waals surface area (Å²) in [6.45, 7) is 10.5. The number of nitrogens with zero attached hydrogens (tertiary/aromatic N) is 7. The second-order valence-electron chi connectivity index (χ2n) is 7.33. The van der Waals surface area contributed by atoms with Gasteiger partial charge < -0.3 is 4.57 Å². The minimum atomic E-state index is -0.233. The molecule has 0 bridgehead atoms. The second kappa shape index (κ2) is 5.54. The van der Waals surface area contributed by atoms with E-state index in [1.165, 1.54) is 0 Å². The van der Waals surface area contributed by atoms with Crippen LogP contribution in [0.3, 0.4) is 0 Å². The Bertz CT molecular complexity index is 940. The first-order valence-corrected chi connectivity index (χ1v) is 8.02. The van der Waals surface area contributed by atoms with Gasteiger partial charge in [0, 0.05) is 13.0 Å². The summed E-state index contributed by atoms with van der Waals surface area (Å²) in [5.74, 6) is 1.90. The van der Waals surface area contributed by atoms with Gasteiger partial charge in [0.2, 0.25) is 0 Å². The molecule has 0 aliphatic heterocycles. The number of hydrogen-bond acceptors (Lipinski definition) is 5. The van der Waals surface area contributed by atoms with Crippen LogP contribution in [0.4, 0.5) is 0 Å². The summed E-state index contributed by atoms with van der Waals surface area (Å²) in [4.78, 5) is 17.2. The summed E-state index contributed by atoms with van der Waals surface area (Å²) in [6, 6.07) is 0. The van der Waals surface area contributed by atoms with Crippen molar-refractivity contribution in [2.75, 3.05) is 0 Å². The molecule has 0 amide bonds. The predicted molar refractivity (Wildman–Crippen MR) is 91.0 cm³/mol. The van der Waals surface area contributed by atoms with Crippen molar-refractivity contribution >= 4 is 11.0 Å². The third kappa shape index (κ3) is 2.61. The van der Waals surface area contributed by atoms with E-state index < -0.39 is 0 Å². The summed E-state index contributed by atoms with van der Waals surface area (Å²) < 4.78 is 5.25. The SMILES string of the molecule is CC(C)c1nnc(Cn2cnc3c(cnn3C(C)(C)C)c2=O)n1C. The average Bonchev–Trinajstić information content (AvgIpc) is 3.06. The van der Waals surface area contributed by atoms with E-state index in [1.54, 1.807) is 21.8 Å². The number of aromatic nitrogens is 7. The van der Waals surface area contributed by atoms with Gasteiger partial charge in [-0.15, -0.1) is 10.2 Å². The Morgan fingerprint density at radius 3 is 2.50 bits per heavy atom. The van der Waals surface area contributed by atoms with Gasteiger partial charge >= 0.3 is 0 Å². The molecule has 0 atom stereocenters. The van der Waals surface area contributed by atoms with Crippen molar-refractivity contribution in [3.63, 3.8) is 0 Å². The zero-order valence-corrected chi connectivity index (χ0v) is 15.0. The number of rotatable bonds is 3. The first kappa shape index (κ1) is 16.4. The topological polar surface area (TPSA) is 83.4 Å². The van der Waals surface area contributed by atoms with Crippen LogP contribution in [0.2, 0.25) is 0 Å². The summed E-state index contributed by atoms with van der Waals surface area (Å²) in [6.07, 6.45) is 3.14. The summed E-state index contributed by atoms with van der Waals surface area (Å²) in [5.41, 5.74) is 0.248. The van der Waals surface area contributed by atoms with Crippen LogP contribution in [-0.2, 0) is 19.1 Å². The highest BCUT2D eigenvalue weighted by atomic mass is 16.1. The molecule has 0 saturated carbocycles. The van der Waals surface area contributed by atoms with Gasteiger partial charge in [-0.25, -0.2) is 9.67 Å². The molecule has 0 saturated heterocycles. The fourth-order valence-electron chi connectivity index (χ4n) is 2.72. The second-order valence-corrected chi connectivity index (χ2v) is 7.33.